The third kappa shape index (κ3) is 5.82. The summed E-state index contributed by atoms with van der Waals surface area (Å²) in [6.45, 7) is 2.60. The molecule has 0 aromatic rings. The monoisotopic (exact) mass is 229 g/mol. The van der Waals surface area contributed by atoms with Crippen LogP contribution in [0.4, 0.5) is 0 Å². The minimum absolute atomic E-state index is 0.488. The van der Waals surface area contributed by atoms with Crippen molar-refractivity contribution in [2.75, 3.05) is 19.6 Å². The number of hydrogen-bond donors (Lipinski definition) is 5. The summed E-state index contributed by atoms with van der Waals surface area (Å²) in [4.78, 5) is 0. The molecular weight excluding hydrogens is 205 g/mol. The zero-order valence-electron chi connectivity index (χ0n) is 9.86. The molecule has 1 heterocycles. The van der Waals surface area contributed by atoms with Crippen molar-refractivity contribution >= 4 is 7.12 Å². The molecule has 6 N–H and O–H groups in total. The molecule has 0 unspecified atom stereocenters. The van der Waals surface area contributed by atoms with Gasteiger partial charge in [0, 0.05) is 31.7 Å². The topological polar surface area (TPSA) is 90.5 Å². The quantitative estimate of drug-likeness (QED) is 0.269. The Morgan fingerprint density at radius 1 is 1.38 bits per heavy atom. The van der Waals surface area contributed by atoms with E-state index in [0.717, 1.165) is 38.8 Å². The molecule has 1 saturated heterocycles. The van der Waals surface area contributed by atoms with Gasteiger partial charge in [-0.1, -0.05) is 12.8 Å². The molecule has 1 aliphatic heterocycles. The van der Waals surface area contributed by atoms with E-state index in [-0.39, 0.29) is 0 Å². The summed E-state index contributed by atoms with van der Waals surface area (Å²) in [6, 6.07) is 1.13. The van der Waals surface area contributed by atoms with Crippen LogP contribution in [0.5, 0.6) is 0 Å². The molecule has 0 aromatic carbocycles. The molecule has 0 aliphatic carbocycles. The number of nitrogens with two attached hydrogens (primary N) is 1. The number of rotatable bonds is 8. The van der Waals surface area contributed by atoms with Crippen molar-refractivity contribution in [3.63, 3.8) is 0 Å². The smallest absolute Gasteiger partial charge is 0.427 e. The standard InChI is InChI=1S/C10H24BN3O2/c12-5-6-13-10-7-9(14-8-10)3-1-2-4-11(15)16/h9-10,13-16H,1-8,12H2/t9-,10-/m1/s1. The third-order valence-corrected chi connectivity index (χ3v) is 3.06. The minimum atomic E-state index is -1.14. The average Bonchev–Trinajstić information content (AvgIpc) is 2.69. The second kappa shape index (κ2) is 8.03. The lowest BCUT2D eigenvalue weighted by atomic mass is 9.83. The van der Waals surface area contributed by atoms with Gasteiger partial charge < -0.3 is 26.4 Å². The van der Waals surface area contributed by atoms with Gasteiger partial charge in [-0.05, 0) is 19.2 Å². The van der Waals surface area contributed by atoms with Crippen molar-refractivity contribution in [1.29, 1.82) is 0 Å². The van der Waals surface area contributed by atoms with Crippen LogP contribution < -0.4 is 16.4 Å². The Balaban J connectivity index is 1.98. The van der Waals surface area contributed by atoms with Crippen molar-refractivity contribution in [2.24, 2.45) is 5.73 Å². The lowest BCUT2D eigenvalue weighted by Crippen LogP contribution is -2.34. The van der Waals surface area contributed by atoms with Crippen molar-refractivity contribution in [3.05, 3.63) is 0 Å². The average molecular weight is 229 g/mol. The highest BCUT2D eigenvalue weighted by Gasteiger charge is 2.22. The molecule has 0 amide bonds. The van der Waals surface area contributed by atoms with Gasteiger partial charge in [0.15, 0.2) is 0 Å². The number of nitrogens with one attached hydrogen (secondary N) is 2. The second-order valence-corrected chi connectivity index (χ2v) is 4.55. The first-order valence-electron chi connectivity index (χ1n) is 6.25. The first kappa shape index (κ1) is 13.9. The molecule has 0 spiro atoms. The normalized spacial score (nSPS) is 24.9. The molecule has 0 saturated carbocycles. The van der Waals surface area contributed by atoms with E-state index in [9.17, 15) is 0 Å². The lowest BCUT2D eigenvalue weighted by molar-refractivity contribution is 0.399. The molecule has 6 heteroatoms. The first-order valence-corrected chi connectivity index (χ1v) is 6.25. The highest BCUT2D eigenvalue weighted by molar-refractivity contribution is 6.40. The van der Waals surface area contributed by atoms with E-state index >= 15 is 0 Å². The Morgan fingerprint density at radius 3 is 2.88 bits per heavy atom. The summed E-state index contributed by atoms with van der Waals surface area (Å²) in [5, 5.41) is 24.3. The third-order valence-electron chi connectivity index (χ3n) is 3.06. The van der Waals surface area contributed by atoms with E-state index < -0.39 is 7.12 Å². The minimum Gasteiger partial charge on any atom is -0.427 e. The van der Waals surface area contributed by atoms with Crippen LogP contribution in [-0.4, -0.2) is 48.9 Å². The predicted octanol–water partition coefficient (Wildman–Crippen LogP) is -1.09. The van der Waals surface area contributed by atoms with E-state index in [0.29, 0.717) is 24.9 Å². The van der Waals surface area contributed by atoms with Crippen LogP contribution in [0, 0.1) is 0 Å². The fourth-order valence-electron chi connectivity index (χ4n) is 2.20. The molecule has 1 fully saturated rings. The Morgan fingerprint density at radius 2 is 2.19 bits per heavy atom. The van der Waals surface area contributed by atoms with E-state index in [4.69, 9.17) is 15.8 Å². The Bertz CT molecular complexity index is 183. The lowest BCUT2D eigenvalue weighted by Gasteiger charge is -2.11. The highest BCUT2D eigenvalue weighted by Crippen LogP contribution is 2.14. The van der Waals surface area contributed by atoms with Crippen molar-refractivity contribution in [3.8, 4) is 0 Å². The van der Waals surface area contributed by atoms with Crippen LogP contribution in [0.25, 0.3) is 0 Å². The van der Waals surface area contributed by atoms with E-state index in [1.807, 2.05) is 0 Å². The maximum atomic E-state index is 8.70. The van der Waals surface area contributed by atoms with Gasteiger partial charge in [-0.25, -0.2) is 0 Å². The van der Waals surface area contributed by atoms with Gasteiger partial charge in [0.25, 0.3) is 0 Å². The van der Waals surface area contributed by atoms with Crippen molar-refractivity contribution in [1.82, 2.24) is 10.6 Å². The van der Waals surface area contributed by atoms with Crippen LogP contribution in [0.2, 0.25) is 6.32 Å². The Labute approximate surface area is 97.9 Å². The molecule has 1 rings (SSSR count). The van der Waals surface area contributed by atoms with Gasteiger partial charge in [0.1, 0.15) is 0 Å². The van der Waals surface area contributed by atoms with Crippen molar-refractivity contribution < 1.29 is 10.0 Å². The molecule has 0 bridgehead atoms. The second-order valence-electron chi connectivity index (χ2n) is 4.55. The molecule has 5 nitrogen and oxygen atoms in total. The van der Waals surface area contributed by atoms with Gasteiger partial charge in [-0.15, -0.1) is 0 Å². The maximum absolute atomic E-state index is 8.70. The summed E-state index contributed by atoms with van der Waals surface area (Å²) in [5.74, 6) is 0. The highest BCUT2D eigenvalue weighted by atomic mass is 16.4. The van der Waals surface area contributed by atoms with Crippen LogP contribution in [-0.2, 0) is 0 Å². The van der Waals surface area contributed by atoms with Gasteiger partial charge in [-0.3, -0.25) is 0 Å². The maximum Gasteiger partial charge on any atom is 0.451 e. The zero-order chi connectivity index (χ0) is 11.8. The molecule has 0 radical (unpaired) electrons. The summed E-state index contributed by atoms with van der Waals surface area (Å²) in [5.41, 5.74) is 5.44. The zero-order valence-corrected chi connectivity index (χ0v) is 9.86. The summed E-state index contributed by atoms with van der Waals surface area (Å²) < 4.78 is 0. The van der Waals surface area contributed by atoms with Gasteiger partial charge >= 0.3 is 7.12 Å². The largest absolute Gasteiger partial charge is 0.451 e. The molecule has 2 atom stereocenters. The van der Waals surface area contributed by atoms with E-state index in [2.05, 4.69) is 10.6 Å². The van der Waals surface area contributed by atoms with Crippen LogP contribution in [0.15, 0.2) is 0 Å². The van der Waals surface area contributed by atoms with Crippen LogP contribution in [0.1, 0.15) is 25.7 Å². The molecule has 0 aromatic heterocycles. The van der Waals surface area contributed by atoms with E-state index in [1.165, 1.54) is 0 Å². The summed E-state index contributed by atoms with van der Waals surface area (Å²) in [6.07, 6.45) is 4.70. The summed E-state index contributed by atoms with van der Waals surface area (Å²) >= 11 is 0. The molecule has 94 valence electrons. The Hall–Kier alpha value is -0.135. The number of unbranched alkanes of at least 4 members (excludes halogenated alkanes) is 1. The molecular formula is C10H24BN3O2. The fraction of sp³-hybridized carbons (Fsp3) is 1.00. The molecule has 1 aliphatic rings. The fourth-order valence-corrected chi connectivity index (χ4v) is 2.20. The van der Waals surface area contributed by atoms with Gasteiger partial charge in [0.2, 0.25) is 0 Å². The number of hydrogen-bond acceptors (Lipinski definition) is 5. The van der Waals surface area contributed by atoms with Crippen LogP contribution >= 0.6 is 0 Å². The van der Waals surface area contributed by atoms with Crippen LogP contribution in [0.3, 0.4) is 0 Å². The van der Waals surface area contributed by atoms with Gasteiger partial charge in [0.05, 0.1) is 0 Å². The SMILES string of the molecule is NCCN[C@H]1CN[C@H](CCCCB(O)O)C1. The first-order chi connectivity index (χ1) is 7.72. The predicted molar refractivity (Wildman–Crippen MR) is 66.1 cm³/mol. The molecule has 16 heavy (non-hydrogen) atoms. The van der Waals surface area contributed by atoms with Gasteiger partial charge in [-0.2, -0.15) is 0 Å². The Kier molecular flexibility index (Phi) is 6.99. The summed E-state index contributed by atoms with van der Waals surface area (Å²) in [7, 11) is -1.14. The van der Waals surface area contributed by atoms with Crippen molar-refractivity contribution in [2.45, 2.75) is 44.1 Å². The van der Waals surface area contributed by atoms with E-state index in [1.54, 1.807) is 0 Å².